The highest BCUT2D eigenvalue weighted by molar-refractivity contribution is 5.70. The molecule has 32 heavy (non-hydrogen) atoms. The lowest BCUT2D eigenvalue weighted by molar-refractivity contribution is -0.175. The molecule has 0 aromatic rings. The van der Waals surface area contributed by atoms with Crippen LogP contribution in [0.5, 0.6) is 0 Å². The Hall–Kier alpha value is -1.43. The molecule has 0 unspecified atom stereocenters. The highest BCUT2D eigenvalue weighted by atomic mass is 16.7. The van der Waals surface area contributed by atoms with Crippen molar-refractivity contribution in [3.05, 3.63) is 36.0 Å². The van der Waals surface area contributed by atoms with E-state index in [0.29, 0.717) is 55.3 Å². The van der Waals surface area contributed by atoms with Crippen molar-refractivity contribution in [1.29, 1.82) is 0 Å². The number of carboxylic acid groups (broad SMARTS) is 1. The molecule has 1 heterocycles. The van der Waals surface area contributed by atoms with Crippen LogP contribution in [-0.2, 0) is 14.3 Å². The third kappa shape index (κ3) is 3.11. The Bertz CT molecular complexity index is 867. The number of hydrogen-bond donors (Lipinski definition) is 2. The summed E-state index contributed by atoms with van der Waals surface area (Å²) in [5.74, 6) is 0.0712. The first-order valence-corrected chi connectivity index (χ1v) is 12.4. The topological polar surface area (TPSA) is 76.0 Å². The summed E-state index contributed by atoms with van der Waals surface area (Å²) < 4.78 is 12.0. The second-order valence-corrected chi connectivity index (χ2v) is 11.4. The fourth-order valence-corrected chi connectivity index (χ4v) is 8.24. The molecule has 5 heteroatoms. The van der Waals surface area contributed by atoms with Crippen molar-refractivity contribution in [2.24, 2.45) is 35.0 Å². The summed E-state index contributed by atoms with van der Waals surface area (Å²) in [6.45, 7) is 14.1. The maximum atomic E-state index is 11.9. The van der Waals surface area contributed by atoms with E-state index in [9.17, 15) is 15.0 Å². The van der Waals surface area contributed by atoms with Gasteiger partial charge in [0.05, 0.1) is 24.7 Å². The number of carboxylic acids is 1. The lowest BCUT2D eigenvalue weighted by Gasteiger charge is -2.57. The van der Waals surface area contributed by atoms with Crippen molar-refractivity contribution in [3.63, 3.8) is 0 Å². The Morgan fingerprint density at radius 2 is 1.97 bits per heavy atom. The van der Waals surface area contributed by atoms with Crippen LogP contribution < -0.4 is 0 Å². The van der Waals surface area contributed by atoms with Crippen molar-refractivity contribution < 1.29 is 24.5 Å². The molecule has 7 atom stereocenters. The number of rotatable bonds is 4. The molecule has 0 amide bonds. The molecule has 1 aliphatic heterocycles. The van der Waals surface area contributed by atoms with E-state index in [1.54, 1.807) is 6.92 Å². The van der Waals surface area contributed by atoms with Gasteiger partial charge in [0, 0.05) is 18.3 Å². The van der Waals surface area contributed by atoms with Crippen LogP contribution in [0.2, 0.25) is 0 Å². The zero-order valence-electron chi connectivity index (χ0n) is 19.6. The number of carbonyl (C=O) groups is 1. The van der Waals surface area contributed by atoms with Crippen LogP contribution in [0.1, 0.15) is 65.2 Å². The predicted octanol–water partition coefficient (Wildman–Crippen LogP) is 4.87. The van der Waals surface area contributed by atoms with Gasteiger partial charge in [-0.25, -0.2) is 0 Å². The number of allylic oxidation sites excluding steroid dienone is 2. The van der Waals surface area contributed by atoms with E-state index in [1.165, 1.54) is 11.1 Å². The summed E-state index contributed by atoms with van der Waals surface area (Å²) in [6, 6.07) is 0. The minimum atomic E-state index is -1.03. The Morgan fingerprint density at radius 3 is 2.66 bits per heavy atom. The average molecular weight is 443 g/mol. The molecule has 176 valence electrons. The second-order valence-electron chi connectivity index (χ2n) is 11.4. The van der Waals surface area contributed by atoms with Gasteiger partial charge < -0.3 is 19.7 Å². The highest BCUT2D eigenvalue weighted by Crippen LogP contribution is 2.67. The zero-order valence-corrected chi connectivity index (χ0v) is 19.6. The van der Waals surface area contributed by atoms with Crippen LogP contribution in [0.15, 0.2) is 36.0 Å². The monoisotopic (exact) mass is 442 g/mol. The van der Waals surface area contributed by atoms with Gasteiger partial charge in [0.15, 0.2) is 5.79 Å². The summed E-state index contributed by atoms with van der Waals surface area (Å²) >= 11 is 0. The van der Waals surface area contributed by atoms with Gasteiger partial charge in [0.2, 0.25) is 0 Å². The van der Waals surface area contributed by atoms with E-state index in [0.717, 1.165) is 38.5 Å². The molecular formula is C27H38O5. The number of ether oxygens (including phenoxy) is 2. The zero-order chi connectivity index (χ0) is 22.9. The molecular weight excluding hydrogens is 404 g/mol. The van der Waals surface area contributed by atoms with Gasteiger partial charge in [0.25, 0.3) is 0 Å². The fourth-order valence-electron chi connectivity index (χ4n) is 8.24. The number of hydrogen-bond acceptors (Lipinski definition) is 4. The molecule has 4 aliphatic carbocycles. The van der Waals surface area contributed by atoms with E-state index >= 15 is 0 Å². The summed E-state index contributed by atoms with van der Waals surface area (Å²) in [6.07, 6.45) is 9.10. The van der Waals surface area contributed by atoms with E-state index in [1.807, 2.05) is 0 Å². The normalized spacial score (nSPS) is 43.2. The summed E-state index contributed by atoms with van der Waals surface area (Å²) in [7, 11) is 0. The Morgan fingerprint density at radius 1 is 1.25 bits per heavy atom. The smallest absolute Gasteiger partial charge is 0.306 e. The fraction of sp³-hybridized carbons (Fsp3) is 0.741. The van der Waals surface area contributed by atoms with Crippen LogP contribution >= 0.6 is 0 Å². The van der Waals surface area contributed by atoms with Gasteiger partial charge in [-0.1, -0.05) is 44.2 Å². The Balaban J connectivity index is 1.40. The standard InChI is InChI=1S/C27H38O5/c1-16(24(28)29)13-18(3)27(30)10-8-22-21-6-5-19-15-26(31-11-12-32-26)9-7-20(19)23(21)17(2)14-25(22,27)4/h5,16,20-23,30H,2-3,6-15H2,1,4H3,(H,28,29)/t16-,20+,21+,22+,23-,25+,27-/m1/s1. The number of aliphatic carboxylic acids is 1. The first-order valence-electron chi connectivity index (χ1n) is 12.4. The van der Waals surface area contributed by atoms with Crippen LogP contribution in [0.25, 0.3) is 0 Å². The van der Waals surface area contributed by atoms with E-state index in [2.05, 4.69) is 26.2 Å². The van der Waals surface area contributed by atoms with Crippen molar-refractivity contribution in [1.82, 2.24) is 0 Å². The molecule has 2 N–H and O–H groups in total. The lowest BCUT2D eigenvalue weighted by Crippen LogP contribution is -2.54. The van der Waals surface area contributed by atoms with E-state index in [4.69, 9.17) is 9.47 Å². The lowest BCUT2D eigenvalue weighted by atomic mass is 9.49. The first-order chi connectivity index (χ1) is 15.1. The van der Waals surface area contributed by atoms with Crippen LogP contribution in [0.3, 0.4) is 0 Å². The van der Waals surface area contributed by atoms with Crippen molar-refractivity contribution >= 4 is 5.97 Å². The highest BCUT2D eigenvalue weighted by Gasteiger charge is 2.64. The molecule has 4 fully saturated rings. The van der Waals surface area contributed by atoms with Gasteiger partial charge in [0.1, 0.15) is 0 Å². The summed E-state index contributed by atoms with van der Waals surface area (Å²) in [4.78, 5) is 11.4. The van der Waals surface area contributed by atoms with Crippen molar-refractivity contribution in [2.45, 2.75) is 76.6 Å². The van der Waals surface area contributed by atoms with E-state index in [-0.39, 0.29) is 5.41 Å². The number of fused-ring (bicyclic) bond motifs is 5. The van der Waals surface area contributed by atoms with Crippen LogP contribution in [0, 0.1) is 35.0 Å². The van der Waals surface area contributed by atoms with Crippen molar-refractivity contribution in [2.75, 3.05) is 13.2 Å². The minimum absolute atomic E-state index is 0.323. The molecule has 0 radical (unpaired) electrons. The van der Waals surface area contributed by atoms with Gasteiger partial charge in [-0.2, -0.15) is 0 Å². The Labute approximate surface area is 191 Å². The molecule has 1 saturated heterocycles. The summed E-state index contributed by atoms with van der Waals surface area (Å²) in [5.41, 5.74) is 2.07. The SMILES string of the molecule is C=C1C[C@@]2(C)[C@@H](CC[C@@]2(O)C(=C)C[C@@H](C)C(=O)O)[C@@H]2CC=C3CC4(CC[C@@H]3[C@@H]12)OCCO4. The van der Waals surface area contributed by atoms with Crippen LogP contribution in [0.4, 0.5) is 0 Å². The third-order valence-electron chi connectivity index (χ3n) is 9.87. The molecule has 5 rings (SSSR count). The summed E-state index contributed by atoms with van der Waals surface area (Å²) in [5, 5.41) is 21.3. The molecule has 0 aromatic heterocycles. The van der Waals surface area contributed by atoms with Gasteiger partial charge >= 0.3 is 5.97 Å². The molecule has 1 spiro atoms. The second kappa shape index (κ2) is 7.54. The first kappa shape index (κ1) is 22.4. The number of aliphatic hydroxyl groups is 1. The van der Waals surface area contributed by atoms with Gasteiger partial charge in [-0.15, -0.1) is 0 Å². The molecule has 5 aliphatic rings. The third-order valence-corrected chi connectivity index (χ3v) is 9.87. The minimum Gasteiger partial charge on any atom is -0.481 e. The van der Waals surface area contributed by atoms with Crippen molar-refractivity contribution in [3.8, 4) is 0 Å². The molecule has 0 aromatic carbocycles. The maximum absolute atomic E-state index is 11.9. The maximum Gasteiger partial charge on any atom is 0.306 e. The largest absolute Gasteiger partial charge is 0.481 e. The molecule has 0 bridgehead atoms. The molecule has 5 nitrogen and oxygen atoms in total. The Kier molecular flexibility index (Phi) is 5.27. The average Bonchev–Trinajstić information content (AvgIpc) is 3.30. The van der Waals surface area contributed by atoms with Gasteiger partial charge in [-0.3, -0.25) is 4.79 Å². The predicted molar refractivity (Wildman–Crippen MR) is 122 cm³/mol. The van der Waals surface area contributed by atoms with E-state index < -0.39 is 23.3 Å². The quantitative estimate of drug-likeness (QED) is 0.608. The van der Waals surface area contributed by atoms with Gasteiger partial charge in [-0.05, 0) is 67.8 Å². The molecule has 3 saturated carbocycles. The van der Waals surface area contributed by atoms with Crippen LogP contribution in [-0.4, -0.2) is 40.8 Å².